The molecule has 0 aliphatic carbocycles. The quantitative estimate of drug-likeness (QED) is 0.211. The van der Waals surface area contributed by atoms with E-state index in [0.29, 0.717) is 13.2 Å². The number of ether oxygens (including phenoxy) is 1. The van der Waals surface area contributed by atoms with Crippen LogP contribution in [0.3, 0.4) is 0 Å². The van der Waals surface area contributed by atoms with Gasteiger partial charge in [0.05, 0.1) is 12.7 Å². The summed E-state index contributed by atoms with van der Waals surface area (Å²) in [7, 11) is 1.77. The molecule has 0 aliphatic heterocycles. The van der Waals surface area contributed by atoms with Gasteiger partial charge in [-0.1, -0.05) is 18.2 Å². The summed E-state index contributed by atoms with van der Waals surface area (Å²) in [6.07, 6.45) is 4.37. The molecule has 0 radical (unpaired) electrons. The van der Waals surface area contributed by atoms with Gasteiger partial charge in [0, 0.05) is 36.4 Å². The predicted molar refractivity (Wildman–Crippen MR) is 121 cm³/mol. The van der Waals surface area contributed by atoms with Crippen molar-refractivity contribution in [1.82, 2.24) is 20.6 Å². The molecule has 2 aromatic heterocycles. The maximum Gasteiger partial charge on any atom is 0.191 e. The molecule has 1 aromatic carbocycles. The summed E-state index contributed by atoms with van der Waals surface area (Å²) >= 11 is 0. The number of aromatic nitrogens is 2. The highest BCUT2D eigenvalue weighted by Crippen LogP contribution is 2.21. The minimum absolute atomic E-state index is 0. The van der Waals surface area contributed by atoms with Crippen molar-refractivity contribution in [3.8, 4) is 5.75 Å². The molecule has 3 aromatic rings. The number of halogens is 1. The number of rotatable bonds is 7. The van der Waals surface area contributed by atoms with Crippen LogP contribution in [0.15, 0.2) is 53.8 Å². The minimum atomic E-state index is 0. The number of fused-ring (bicyclic) bond motifs is 1. The van der Waals surface area contributed by atoms with Crippen LogP contribution in [0.1, 0.15) is 11.3 Å². The third-order valence-corrected chi connectivity index (χ3v) is 4.22. The number of hydrogen-bond acceptors (Lipinski definition) is 3. The van der Waals surface area contributed by atoms with Crippen molar-refractivity contribution in [1.29, 1.82) is 0 Å². The monoisotopic (exact) mass is 479 g/mol. The van der Waals surface area contributed by atoms with Crippen LogP contribution in [-0.4, -0.2) is 42.7 Å². The standard InChI is InChI=1S/C20H25N5O.HI/c1-15-17(18-7-3-4-8-19(18)25-15)9-11-23-20(21-2)24-12-13-26-16-6-5-10-22-14-16;/h3-8,10,14,25H,9,11-13H2,1-2H3,(H2,21,23,24);1H. The van der Waals surface area contributed by atoms with E-state index in [0.717, 1.165) is 24.7 Å². The lowest BCUT2D eigenvalue weighted by atomic mass is 10.1. The number of nitrogens with zero attached hydrogens (tertiary/aromatic N) is 2. The first-order valence-corrected chi connectivity index (χ1v) is 8.81. The molecule has 0 fully saturated rings. The van der Waals surface area contributed by atoms with E-state index in [1.165, 1.54) is 22.2 Å². The van der Waals surface area contributed by atoms with Gasteiger partial charge >= 0.3 is 0 Å². The second kappa shape index (κ2) is 10.8. The summed E-state index contributed by atoms with van der Waals surface area (Å²) in [5, 5.41) is 7.90. The smallest absolute Gasteiger partial charge is 0.191 e. The van der Waals surface area contributed by atoms with Crippen LogP contribution in [-0.2, 0) is 6.42 Å². The van der Waals surface area contributed by atoms with E-state index in [-0.39, 0.29) is 24.0 Å². The van der Waals surface area contributed by atoms with Crippen molar-refractivity contribution in [2.45, 2.75) is 13.3 Å². The number of guanidine groups is 1. The topological polar surface area (TPSA) is 74.3 Å². The van der Waals surface area contributed by atoms with Crippen molar-refractivity contribution in [2.24, 2.45) is 4.99 Å². The van der Waals surface area contributed by atoms with Gasteiger partial charge in [-0.2, -0.15) is 0 Å². The first-order chi connectivity index (χ1) is 12.8. The van der Waals surface area contributed by atoms with Gasteiger partial charge in [0.2, 0.25) is 0 Å². The first-order valence-electron chi connectivity index (χ1n) is 8.81. The average Bonchev–Trinajstić information content (AvgIpc) is 3.00. The number of H-pyrrole nitrogens is 1. The molecular formula is C20H26IN5O. The first kappa shape index (κ1) is 21.0. The second-order valence-corrected chi connectivity index (χ2v) is 5.99. The molecular weight excluding hydrogens is 453 g/mol. The molecule has 6 nitrogen and oxygen atoms in total. The Balaban J connectivity index is 0.00000261. The van der Waals surface area contributed by atoms with E-state index < -0.39 is 0 Å². The zero-order valence-corrected chi connectivity index (χ0v) is 18.0. The second-order valence-electron chi connectivity index (χ2n) is 5.99. The fraction of sp³-hybridized carbons (Fsp3) is 0.300. The maximum absolute atomic E-state index is 5.62. The Morgan fingerprint density at radius 3 is 2.74 bits per heavy atom. The lowest BCUT2D eigenvalue weighted by Gasteiger charge is -2.12. The van der Waals surface area contributed by atoms with Crippen molar-refractivity contribution in [2.75, 3.05) is 26.7 Å². The van der Waals surface area contributed by atoms with Gasteiger partial charge < -0.3 is 20.4 Å². The number of aliphatic imine (C=N–C) groups is 1. The number of hydrogen-bond donors (Lipinski definition) is 3. The fourth-order valence-electron chi connectivity index (χ4n) is 2.95. The molecule has 2 heterocycles. The Morgan fingerprint density at radius 2 is 1.96 bits per heavy atom. The molecule has 3 N–H and O–H groups in total. The Bertz CT molecular complexity index is 863. The molecule has 0 unspecified atom stereocenters. The van der Waals surface area contributed by atoms with Crippen molar-refractivity contribution in [3.05, 3.63) is 60.0 Å². The summed E-state index contributed by atoms with van der Waals surface area (Å²) in [6.45, 7) is 4.15. The highest BCUT2D eigenvalue weighted by Gasteiger charge is 2.07. The Labute approximate surface area is 176 Å². The number of aryl methyl sites for hydroxylation is 1. The van der Waals surface area contributed by atoms with Gasteiger partial charge in [-0.25, -0.2) is 0 Å². The number of benzene rings is 1. The molecule has 0 amide bonds. The van der Waals surface area contributed by atoms with Crippen LogP contribution in [0.2, 0.25) is 0 Å². The van der Waals surface area contributed by atoms with Crippen molar-refractivity contribution < 1.29 is 4.74 Å². The molecule has 0 aliphatic rings. The van der Waals surface area contributed by atoms with Gasteiger partial charge in [-0.3, -0.25) is 9.98 Å². The molecule has 7 heteroatoms. The highest BCUT2D eigenvalue weighted by molar-refractivity contribution is 14.0. The molecule has 0 spiro atoms. The SMILES string of the molecule is CN=C(NCCOc1cccnc1)NCCc1c(C)[nH]c2ccccc12.I. The zero-order chi connectivity index (χ0) is 18.2. The molecule has 0 saturated heterocycles. The number of para-hydroxylation sites is 1. The van der Waals surface area contributed by atoms with E-state index in [2.05, 4.69) is 56.8 Å². The lowest BCUT2D eigenvalue weighted by molar-refractivity contribution is 0.320. The molecule has 0 saturated carbocycles. The molecule has 0 bridgehead atoms. The number of nitrogens with one attached hydrogen (secondary N) is 3. The van der Waals surface area contributed by atoms with E-state index in [1.54, 1.807) is 19.4 Å². The van der Waals surface area contributed by atoms with Crippen molar-refractivity contribution >= 4 is 40.8 Å². The van der Waals surface area contributed by atoms with E-state index in [1.807, 2.05) is 12.1 Å². The average molecular weight is 479 g/mol. The van der Waals surface area contributed by atoms with Crippen molar-refractivity contribution in [3.63, 3.8) is 0 Å². The van der Waals surface area contributed by atoms with Gasteiger partial charge in [0.1, 0.15) is 12.4 Å². The lowest BCUT2D eigenvalue weighted by Crippen LogP contribution is -2.40. The Hall–Kier alpha value is -2.29. The summed E-state index contributed by atoms with van der Waals surface area (Å²) < 4.78 is 5.62. The summed E-state index contributed by atoms with van der Waals surface area (Å²) in [4.78, 5) is 11.7. The van der Waals surface area contributed by atoms with E-state index in [9.17, 15) is 0 Å². The van der Waals surface area contributed by atoms with Gasteiger partial charge in [-0.15, -0.1) is 24.0 Å². The predicted octanol–water partition coefficient (Wildman–Crippen LogP) is 3.28. The Morgan fingerprint density at radius 1 is 1.15 bits per heavy atom. The Kier molecular flexibility index (Phi) is 8.38. The van der Waals surface area contributed by atoms with Gasteiger partial charge in [0.25, 0.3) is 0 Å². The van der Waals surface area contributed by atoms with E-state index in [4.69, 9.17) is 4.74 Å². The highest BCUT2D eigenvalue weighted by atomic mass is 127. The molecule has 0 atom stereocenters. The maximum atomic E-state index is 5.62. The fourth-order valence-corrected chi connectivity index (χ4v) is 2.95. The third kappa shape index (κ3) is 5.85. The van der Waals surface area contributed by atoms with Crippen LogP contribution in [0.4, 0.5) is 0 Å². The largest absolute Gasteiger partial charge is 0.490 e. The van der Waals surface area contributed by atoms with Crippen LogP contribution in [0.5, 0.6) is 5.75 Å². The summed E-state index contributed by atoms with van der Waals surface area (Å²) in [5.41, 5.74) is 3.76. The van der Waals surface area contributed by atoms with E-state index >= 15 is 0 Å². The van der Waals surface area contributed by atoms with Crippen LogP contribution in [0, 0.1) is 6.92 Å². The van der Waals surface area contributed by atoms with Gasteiger partial charge in [0.15, 0.2) is 5.96 Å². The molecule has 27 heavy (non-hydrogen) atoms. The molecule has 3 rings (SSSR count). The van der Waals surface area contributed by atoms with Crippen LogP contribution < -0.4 is 15.4 Å². The summed E-state index contributed by atoms with van der Waals surface area (Å²) in [6, 6.07) is 12.2. The number of pyridine rings is 1. The summed E-state index contributed by atoms with van der Waals surface area (Å²) in [5.74, 6) is 1.55. The number of aromatic amines is 1. The molecule has 144 valence electrons. The third-order valence-electron chi connectivity index (χ3n) is 4.22. The van der Waals surface area contributed by atoms with Crippen LogP contribution >= 0.6 is 24.0 Å². The zero-order valence-electron chi connectivity index (χ0n) is 15.7. The normalized spacial score (nSPS) is 11.1. The van der Waals surface area contributed by atoms with Gasteiger partial charge in [-0.05, 0) is 37.1 Å². The minimum Gasteiger partial charge on any atom is -0.490 e. The van der Waals surface area contributed by atoms with Crippen LogP contribution in [0.25, 0.3) is 10.9 Å².